The molecule has 6 nitrogen and oxygen atoms in total. The van der Waals surface area contributed by atoms with Crippen LogP contribution in [0.15, 0.2) is 73.1 Å². The Kier molecular flexibility index (Phi) is 6.87. The van der Waals surface area contributed by atoms with Crippen molar-refractivity contribution in [1.82, 2.24) is 18.9 Å². The maximum Gasteiger partial charge on any atom is 0.157 e. The summed E-state index contributed by atoms with van der Waals surface area (Å²) in [6, 6.07) is 23.4. The van der Waals surface area contributed by atoms with Gasteiger partial charge in [-0.15, -0.1) is 0 Å². The molecule has 0 radical (unpaired) electrons. The Hall–Kier alpha value is -4.58. The third kappa shape index (κ3) is 4.22. The number of anilines is 3. The topological polar surface area (TPSA) is 73.2 Å². The number of hydrogen-bond donors (Lipinski definition) is 2. The minimum absolute atomic E-state index is 0.527. The van der Waals surface area contributed by atoms with Crippen LogP contribution in [-0.4, -0.2) is 18.9 Å². The lowest BCUT2D eigenvalue weighted by Gasteiger charge is -2.20. The van der Waals surface area contributed by atoms with Crippen molar-refractivity contribution in [2.45, 2.75) is 48.5 Å². The van der Waals surface area contributed by atoms with Crippen LogP contribution in [0.1, 0.15) is 41.8 Å². The second kappa shape index (κ2) is 10.3. The van der Waals surface area contributed by atoms with Crippen LogP contribution in [0.2, 0.25) is 0 Å². The largest absolute Gasteiger partial charge is 0.394 e. The number of aromatic nitrogens is 4. The van der Waals surface area contributed by atoms with E-state index in [9.17, 15) is 0 Å². The number of nitrogens with two attached hydrogens (primary N) is 1. The molecule has 3 aromatic heterocycles. The number of fused-ring (bicyclic) bond motifs is 3. The molecule has 0 unspecified atom stereocenters. The van der Waals surface area contributed by atoms with Crippen LogP contribution < -0.4 is 11.1 Å². The minimum Gasteiger partial charge on any atom is -0.394 e. The van der Waals surface area contributed by atoms with Crippen molar-refractivity contribution in [1.29, 1.82) is 0 Å². The Balaban J connectivity index is 0.00000151. The van der Waals surface area contributed by atoms with Crippen LogP contribution >= 0.6 is 0 Å². The average Bonchev–Trinajstić information content (AvgIpc) is 3.47. The van der Waals surface area contributed by atoms with Crippen LogP contribution in [0.25, 0.3) is 33.6 Å². The molecule has 198 valence electrons. The van der Waals surface area contributed by atoms with E-state index in [1.54, 1.807) is 6.33 Å². The van der Waals surface area contributed by atoms with E-state index in [2.05, 4.69) is 121 Å². The summed E-state index contributed by atoms with van der Waals surface area (Å²) in [7, 11) is 0. The van der Waals surface area contributed by atoms with E-state index < -0.39 is 0 Å². The summed E-state index contributed by atoms with van der Waals surface area (Å²) in [5.74, 6) is 0.607. The Morgan fingerprint density at radius 1 is 0.692 bits per heavy atom. The molecule has 0 saturated heterocycles. The second-order valence-corrected chi connectivity index (χ2v) is 9.79. The first-order valence-corrected chi connectivity index (χ1v) is 13.5. The Morgan fingerprint density at radius 2 is 1.36 bits per heavy atom. The number of imidazole rings is 1. The maximum absolute atomic E-state index is 6.83. The van der Waals surface area contributed by atoms with Gasteiger partial charge in [-0.25, -0.2) is 9.97 Å². The highest BCUT2D eigenvalue weighted by Crippen LogP contribution is 2.40. The summed E-state index contributed by atoms with van der Waals surface area (Å²) in [4.78, 5) is 9.27. The molecule has 39 heavy (non-hydrogen) atoms. The maximum atomic E-state index is 6.83. The Bertz CT molecular complexity index is 1800. The standard InChI is InChI=1S/C31H30N6.C2H6/c1-18-13-14-21(4)30(37-24-12-7-6-11-23(24)36-22(5)15-16-25(36)37)26(18)29-27(32)31(34-17-33-29)35-28-19(2)9-8-10-20(28)3;1-2/h6-17H,32H2,1-5H3,(H,33,34,35);1-2H3. The highest BCUT2D eigenvalue weighted by Gasteiger charge is 2.23. The monoisotopic (exact) mass is 516 g/mol. The van der Waals surface area contributed by atoms with Gasteiger partial charge in [0, 0.05) is 16.9 Å². The fourth-order valence-corrected chi connectivity index (χ4v) is 5.42. The molecule has 3 aromatic carbocycles. The number of nitrogens with zero attached hydrogens (tertiary/aromatic N) is 4. The van der Waals surface area contributed by atoms with E-state index in [1.165, 1.54) is 11.2 Å². The summed E-state index contributed by atoms with van der Waals surface area (Å²) in [6.07, 6.45) is 1.60. The zero-order chi connectivity index (χ0) is 27.8. The second-order valence-electron chi connectivity index (χ2n) is 9.79. The zero-order valence-electron chi connectivity index (χ0n) is 23.8. The lowest BCUT2D eigenvalue weighted by molar-refractivity contribution is 1.09. The lowest BCUT2D eigenvalue weighted by atomic mass is 9.97. The molecule has 0 aliphatic heterocycles. The van der Waals surface area contributed by atoms with Crippen LogP contribution in [-0.2, 0) is 0 Å². The SMILES string of the molecule is CC.Cc1cccc(C)c1Nc1ncnc(-c2c(C)ccc(C)c2-n2c3ccccc3n3c(C)ccc23)c1N. The van der Waals surface area contributed by atoms with Crippen molar-refractivity contribution in [3.63, 3.8) is 0 Å². The summed E-state index contributed by atoms with van der Waals surface area (Å²) < 4.78 is 4.64. The van der Waals surface area contributed by atoms with Gasteiger partial charge in [-0.3, -0.25) is 8.97 Å². The minimum atomic E-state index is 0.527. The molecule has 3 heterocycles. The number of benzene rings is 3. The molecule has 6 rings (SSSR count). The number of rotatable bonds is 4. The molecular formula is C33H36N6. The smallest absolute Gasteiger partial charge is 0.157 e. The van der Waals surface area contributed by atoms with Crippen molar-refractivity contribution in [2.75, 3.05) is 11.1 Å². The van der Waals surface area contributed by atoms with E-state index in [4.69, 9.17) is 10.7 Å². The molecule has 0 fully saturated rings. The number of aryl methyl sites for hydroxylation is 5. The van der Waals surface area contributed by atoms with Gasteiger partial charge in [0.2, 0.25) is 0 Å². The predicted octanol–water partition coefficient (Wildman–Crippen LogP) is 8.23. The number of nitrogens with one attached hydrogen (secondary N) is 1. The first-order valence-electron chi connectivity index (χ1n) is 13.5. The van der Waals surface area contributed by atoms with E-state index >= 15 is 0 Å². The fourth-order valence-electron chi connectivity index (χ4n) is 5.42. The van der Waals surface area contributed by atoms with Gasteiger partial charge in [-0.1, -0.05) is 56.3 Å². The van der Waals surface area contributed by atoms with E-state index in [-0.39, 0.29) is 0 Å². The van der Waals surface area contributed by atoms with Crippen molar-refractivity contribution in [3.05, 3.63) is 101 Å². The van der Waals surface area contributed by atoms with Gasteiger partial charge in [0.1, 0.15) is 23.4 Å². The number of nitrogen functional groups attached to an aromatic ring is 1. The van der Waals surface area contributed by atoms with Gasteiger partial charge < -0.3 is 11.1 Å². The first-order chi connectivity index (χ1) is 18.9. The summed E-state index contributed by atoms with van der Waals surface area (Å²) in [5, 5.41) is 3.48. The van der Waals surface area contributed by atoms with E-state index in [0.717, 1.165) is 56.0 Å². The molecule has 0 amide bonds. The van der Waals surface area contributed by atoms with Crippen LogP contribution in [0.4, 0.5) is 17.2 Å². The fraction of sp³-hybridized carbons (Fsp3) is 0.212. The van der Waals surface area contributed by atoms with Gasteiger partial charge in [0.05, 0.1) is 16.7 Å². The normalized spacial score (nSPS) is 11.1. The molecular weight excluding hydrogens is 480 g/mol. The van der Waals surface area contributed by atoms with Crippen molar-refractivity contribution < 1.29 is 0 Å². The molecule has 6 aromatic rings. The Morgan fingerprint density at radius 3 is 2.08 bits per heavy atom. The van der Waals surface area contributed by atoms with Gasteiger partial charge >= 0.3 is 0 Å². The zero-order valence-corrected chi connectivity index (χ0v) is 23.8. The van der Waals surface area contributed by atoms with Crippen molar-refractivity contribution in [2.24, 2.45) is 0 Å². The highest BCUT2D eigenvalue weighted by molar-refractivity contribution is 5.93. The quantitative estimate of drug-likeness (QED) is 0.247. The van der Waals surface area contributed by atoms with E-state index in [1.807, 2.05) is 13.8 Å². The van der Waals surface area contributed by atoms with Crippen LogP contribution in [0.3, 0.4) is 0 Å². The molecule has 0 spiro atoms. The van der Waals surface area contributed by atoms with Gasteiger partial charge in [-0.05, 0) is 81.1 Å². The van der Waals surface area contributed by atoms with Crippen molar-refractivity contribution in [3.8, 4) is 16.9 Å². The number of para-hydroxylation sites is 3. The molecule has 3 N–H and O–H groups in total. The first kappa shape index (κ1) is 26.0. The van der Waals surface area contributed by atoms with Crippen molar-refractivity contribution >= 4 is 33.9 Å². The third-order valence-electron chi connectivity index (χ3n) is 7.30. The molecule has 0 atom stereocenters. The van der Waals surface area contributed by atoms with Crippen LogP contribution in [0, 0.1) is 34.6 Å². The van der Waals surface area contributed by atoms with Gasteiger partial charge in [0.25, 0.3) is 0 Å². The van der Waals surface area contributed by atoms with Gasteiger partial charge in [0.15, 0.2) is 5.82 Å². The summed E-state index contributed by atoms with van der Waals surface area (Å²) in [6.45, 7) is 14.6. The Labute approximate surface area is 230 Å². The van der Waals surface area contributed by atoms with E-state index in [0.29, 0.717) is 11.5 Å². The molecule has 0 aliphatic carbocycles. The predicted molar refractivity (Wildman–Crippen MR) is 164 cm³/mol. The molecule has 0 bridgehead atoms. The molecule has 0 aliphatic rings. The summed E-state index contributed by atoms with van der Waals surface area (Å²) in [5.41, 5.74) is 20.3. The molecule has 0 saturated carbocycles. The number of hydrogen-bond acceptors (Lipinski definition) is 4. The average molecular weight is 517 g/mol. The lowest BCUT2D eigenvalue weighted by Crippen LogP contribution is -2.08. The van der Waals surface area contributed by atoms with Crippen LogP contribution in [0.5, 0.6) is 0 Å². The van der Waals surface area contributed by atoms with Gasteiger partial charge in [-0.2, -0.15) is 0 Å². The third-order valence-corrected chi connectivity index (χ3v) is 7.30. The molecule has 6 heteroatoms. The summed E-state index contributed by atoms with van der Waals surface area (Å²) >= 11 is 0. The highest BCUT2D eigenvalue weighted by atomic mass is 15.1.